The molecule has 0 fully saturated rings. The first kappa shape index (κ1) is 18.7. The maximum atomic E-state index is 13.1. The first-order valence-corrected chi connectivity index (χ1v) is 11.0. The van der Waals surface area contributed by atoms with Crippen LogP contribution in [0, 0.1) is 0 Å². The van der Waals surface area contributed by atoms with Gasteiger partial charge < -0.3 is 9.88 Å². The minimum atomic E-state index is -0.0645. The second-order valence-electron chi connectivity index (χ2n) is 7.31. The predicted octanol–water partition coefficient (Wildman–Crippen LogP) is 5.52. The van der Waals surface area contributed by atoms with Crippen LogP contribution >= 0.6 is 11.8 Å². The van der Waals surface area contributed by atoms with Crippen molar-refractivity contribution in [3.63, 3.8) is 0 Å². The summed E-state index contributed by atoms with van der Waals surface area (Å²) in [5.74, 6) is 0.791. The zero-order valence-electron chi connectivity index (χ0n) is 16.4. The normalized spacial score (nSPS) is 15.0. The number of aromatic nitrogens is 2. The van der Waals surface area contributed by atoms with Crippen molar-refractivity contribution in [2.45, 2.75) is 17.5 Å². The molecule has 2 aromatic carbocycles. The van der Waals surface area contributed by atoms with Crippen LogP contribution in [0.15, 0.2) is 91.4 Å². The van der Waals surface area contributed by atoms with Crippen molar-refractivity contribution in [1.82, 2.24) is 9.55 Å². The summed E-state index contributed by atoms with van der Waals surface area (Å²) < 4.78 is 2.23. The molecular formula is C25H21N3OS. The van der Waals surface area contributed by atoms with Crippen LogP contribution in [0.1, 0.15) is 38.1 Å². The van der Waals surface area contributed by atoms with Crippen molar-refractivity contribution in [1.29, 1.82) is 0 Å². The van der Waals surface area contributed by atoms with Crippen LogP contribution in [0.4, 0.5) is 5.69 Å². The van der Waals surface area contributed by atoms with E-state index in [1.807, 2.05) is 72.6 Å². The number of carbonyl (C=O) groups excluding carboxylic acids is 1. The molecule has 1 amide bonds. The van der Waals surface area contributed by atoms with Gasteiger partial charge in [0, 0.05) is 35.5 Å². The van der Waals surface area contributed by atoms with Crippen molar-refractivity contribution in [2.24, 2.45) is 0 Å². The Bertz CT molecular complexity index is 1170. The number of nitrogens with zero attached hydrogens (tertiary/aromatic N) is 2. The molecule has 3 heterocycles. The largest absolute Gasteiger partial charge is 0.332 e. The Morgan fingerprint density at radius 2 is 1.87 bits per heavy atom. The van der Waals surface area contributed by atoms with Gasteiger partial charge in [-0.15, -0.1) is 11.8 Å². The second-order valence-corrected chi connectivity index (χ2v) is 8.38. The molecule has 4 aromatic rings. The highest BCUT2D eigenvalue weighted by Gasteiger charge is 2.27. The topological polar surface area (TPSA) is 46.9 Å². The summed E-state index contributed by atoms with van der Waals surface area (Å²) in [7, 11) is 0. The van der Waals surface area contributed by atoms with E-state index in [1.54, 1.807) is 6.20 Å². The number of amides is 1. The van der Waals surface area contributed by atoms with E-state index < -0.39 is 0 Å². The number of fused-ring (bicyclic) bond motifs is 1. The van der Waals surface area contributed by atoms with Gasteiger partial charge in [-0.05, 0) is 35.7 Å². The molecule has 4 nitrogen and oxygen atoms in total. The van der Waals surface area contributed by atoms with Gasteiger partial charge in [0.15, 0.2) is 0 Å². The highest BCUT2D eigenvalue weighted by molar-refractivity contribution is 7.99. The first-order valence-electron chi connectivity index (χ1n) is 9.94. The summed E-state index contributed by atoms with van der Waals surface area (Å²) in [4.78, 5) is 17.4. The maximum Gasteiger partial charge on any atom is 0.256 e. The lowest BCUT2D eigenvalue weighted by molar-refractivity contribution is 0.102. The molecule has 0 saturated carbocycles. The molecule has 0 spiro atoms. The molecule has 148 valence electrons. The molecule has 0 radical (unpaired) electrons. The fourth-order valence-corrected chi connectivity index (χ4v) is 5.19. The molecule has 2 aromatic heterocycles. The number of hydrogen-bond acceptors (Lipinski definition) is 3. The van der Waals surface area contributed by atoms with Gasteiger partial charge in [0.1, 0.15) is 5.37 Å². The molecule has 1 aliphatic heterocycles. The van der Waals surface area contributed by atoms with Crippen LogP contribution in [0.2, 0.25) is 0 Å². The number of pyridine rings is 1. The summed E-state index contributed by atoms with van der Waals surface area (Å²) in [6.45, 7) is 0. The Labute approximate surface area is 180 Å². The Hall–Kier alpha value is -3.31. The molecule has 1 unspecified atom stereocenters. The van der Waals surface area contributed by atoms with Crippen molar-refractivity contribution in [2.75, 3.05) is 5.32 Å². The third kappa shape index (κ3) is 3.64. The highest BCUT2D eigenvalue weighted by atomic mass is 32.2. The zero-order chi connectivity index (χ0) is 20.3. The van der Waals surface area contributed by atoms with Crippen LogP contribution in [-0.2, 0) is 12.2 Å². The Morgan fingerprint density at radius 1 is 1.03 bits per heavy atom. The van der Waals surface area contributed by atoms with Gasteiger partial charge in [-0.1, -0.05) is 54.6 Å². The van der Waals surface area contributed by atoms with Crippen molar-refractivity contribution < 1.29 is 4.79 Å². The molecule has 1 N–H and O–H groups in total. The fraction of sp³-hybridized carbons (Fsp3) is 0.120. The van der Waals surface area contributed by atoms with Gasteiger partial charge >= 0.3 is 0 Å². The van der Waals surface area contributed by atoms with Gasteiger partial charge in [0.05, 0.1) is 11.4 Å². The number of nitrogens with one attached hydrogen (secondary N) is 1. The molecule has 0 bridgehead atoms. The van der Waals surface area contributed by atoms with E-state index in [0.29, 0.717) is 0 Å². The molecule has 30 heavy (non-hydrogen) atoms. The van der Waals surface area contributed by atoms with Gasteiger partial charge in [-0.3, -0.25) is 9.78 Å². The fourth-order valence-electron chi connectivity index (χ4n) is 3.88. The summed E-state index contributed by atoms with van der Waals surface area (Å²) in [5, 5.41) is 3.35. The summed E-state index contributed by atoms with van der Waals surface area (Å²) in [6, 6.07) is 24.1. The van der Waals surface area contributed by atoms with Gasteiger partial charge in [0.25, 0.3) is 5.91 Å². The number of rotatable bonds is 5. The smallest absolute Gasteiger partial charge is 0.256 e. The van der Waals surface area contributed by atoms with Crippen molar-refractivity contribution >= 4 is 23.4 Å². The summed E-state index contributed by atoms with van der Waals surface area (Å²) in [5.41, 5.74) is 6.13. The molecule has 1 aliphatic rings. The summed E-state index contributed by atoms with van der Waals surface area (Å²) in [6.07, 6.45) is 6.48. The SMILES string of the molecule is O=C(Nc1ccn2c1CSC2c1cccnc1)c1ccccc1Cc1ccccc1. The third-order valence-electron chi connectivity index (χ3n) is 5.37. The van der Waals surface area contributed by atoms with Crippen molar-refractivity contribution in [3.05, 3.63) is 119 Å². The van der Waals surface area contributed by atoms with Crippen LogP contribution in [0.25, 0.3) is 0 Å². The standard InChI is InChI=1S/C25H21N3OS/c29-24(21-11-5-4-9-19(21)15-18-7-2-1-3-8-18)27-22-12-14-28-23(22)17-30-25(28)20-10-6-13-26-16-20/h1-14,16,25H,15,17H2,(H,27,29). The quantitative estimate of drug-likeness (QED) is 0.470. The van der Waals surface area contributed by atoms with E-state index >= 15 is 0 Å². The van der Waals surface area contributed by atoms with E-state index in [4.69, 9.17) is 0 Å². The number of thioether (sulfide) groups is 1. The number of hydrogen-bond donors (Lipinski definition) is 1. The van der Waals surface area contributed by atoms with Gasteiger partial charge in [-0.2, -0.15) is 0 Å². The van der Waals surface area contributed by atoms with Crippen LogP contribution in [0.5, 0.6) is 0 Å². The number of anilines is 1. The number of benzene rings is 2. The van der Waals surface area contributed by atoms with E-state index in [-0.39, 0.29) is 11.3 Å². The lowest BCUT2D eigenvalue weighted by Crippen LogP contribution is -2.15. The Balaban J connectivity index is 1.38. The average Bonchev–Trinajstić information content (AvgIpc) is 3.38. The zero-order valence-corrected chi connectivity index (χ0v) is 17.2. The molecule has 5 rings (SSSR count). The van der Waals surface area contributed by atoms with Crippen molar-refractivity contribution in [3.8, 4) is 0 Å². The average molecular weight is 412 g/mol. The minimum Gasteiger partial charge on any atom is -0.332 e. The molecule has 5 heteroatoms. The highest BCUT2D eigenvalue weighted by Crippen LogP contribution is 2.43. The Kier molecular flexibility index (Phi) is 5.11. The van der Waals surface area contributed by atoms with Gasteiger partial charge in [0.2, 0.25) is 0 Å². The van der Waals surface area contributed by atoms with E-state index in [2.05, 4.69) is 39.3 Å². The molecule has 0 aliphatic carbocycles. The summed E-state index contributed by atoms with van der Waals surface area (Å²) >= 11 is 1.84. The predicted molar refractivity (Wildman–Crippen MR) is 122 cm³/mol. The molecular weight excluding hydrogens is 390 g/mol. The van der Waals surface area contributed by atoms with Crippen LogP contribution in [-0.4, -0.2) is 15.5 Å². The third-order valence-corrected chi connectivity index (χ3v) is 6.63. The number of carbonyl (C=O) groups is 1. The van der Waals surface area contributed by atoms with E-state index in [9.17, 15) is 4.79 Å². The monoisotopic (exact) mass is 411 g/mol. The lowest BCUT2D eigenvalue weighted by atomic mass is 9.99. The first-order chi connectivity index (χ1) is 14.8. The Morgan fingerprint density at radius 3 is 2.70 bits per heavy atom. The lowest BCUT2D eigenvalue weighted by Gasteiger charge is -2.12. The second kappa shape index (κ2) is 8.20. The van der Waals surface area contributed by atoms with E-state index in [1.165, 1.54) is 11.1 Å². The molecule has 1 atom stereocenters. The minimum absolute atomic E-state index is 0.0645. The maximum absolute atomic E-state index is 13.1. The van der Waals surface area contributed by atoms with E-state index in [0.717, 1.165) is 34.7 Å². The van der Waals surface area contributed by atoms with Gasteiger partial charge in [-0.25, -0.2) is 0 Å². The van der Waals surface area contributed by atoms with Crippen LogP contribution < -0.4 is 5.32 Å². The molecule has 0 saturated heterocycles. The van der Waals surface area contributed by atoms with Crippen LogP contribution in [0.3, 0.4) is 0 Å².